The molecule has 0 spiro atoms. The third-order valence-corrected chi connectivity index (χ3v) is 1.01. The molecule has 0 aliphatic heterocycles. The van der Waals surface area contributed by atoms with Crippen molar-refractivity contribution in [3.05, 3.63) is 0 Å². The number of aliphatic hydroxyl groups is 1. The number of ether oxygens (including phenoxy) is 2. The lowest BCUT2D eigenvalue weighted by atomic mass is 10.6. The average molecular weight is 191 g/mol. The maximum atomic E-state index is 10.7. The Morgan fingerprint density at radius 1 is 1.38 bits per heavy atom. The van der Waals surface area contributed by atoms with E-state index in [2.05, 4.69) is 14.8 Å². The quantitative estimate of drug-likeness (QED) is 0.559. The van der Waals surface area contributed by atoms with E-state index in [9.17, 15) is 9.59 Å². The highest BCUT2D eigenvalue weighted by Gasteiger charge is 2.05. The van der Waals surface area contributed by atoms with E-state index in [0.29, 0.717) is 0 Å². The van der Waals surface area contributed by atoms with Crippen LogP contribution in [0.5, 0.6) is 0 Å². The first kappa shape index (κ1) is 11.7. The Balaban J connectivity index is 3.40. The lowest BCUT2D eigenvalue weighted by Crippen LogP contribution is -2.31. The van der Waals surface area contributed by atoms with Gasteiger partial charge in [0, 0.05) is 0 Å². The fraction of sp³-hybridized carbons (Fsp3) is 0.714. The molecule has 0 heterocycles. The zero-order valence-corrected chi connectivity index (χ0v) is 7.41. The summed E-state index contributed by atoms with van der Waals surface area (Å²) in [6.07, 6.45) is -0.748. The largest absolute Gasteiger partial charge is 0.465 e. The Labute approximate surface area is 75.8 Å². The second-order valence-electron chi connectivity index (χ2n) is 2.02. The summed E-state index contributed by atoms with van der Waals surface area (Å²) < 4.78 is 8.95. The molecule has 0 rings (SSSR count). The molecule has 6 heteroatoms. The number of hydrogen-bond acceptors (Lipinski definition) is 5. The predicted molar refractivity (Wildman–Crippen MR) is 43.1 cm³/mol. The van der Waals surface area contributed by atoms with Crippen LogP contribution in [0, 0.1) is 0 Å². The molecule has 0 saturated carbocycles. The van der Waals surface area contributed by atoms with Crippen molar-refractivity contribution in [1.82, 2.24) is 5.32 Å². The normalized spacial score (nSPS) is 9.08. The summed E-state index contributed by atoms with van der Waals surface area (Å²) in [6.45, 7) is 1.38. The molecule has 0 atom stereocenters. The summed E-state index contributed by atoms with van der Waals surface area (Å²) in [7, 11) is 0. The van der Waals surface area contributed by atoms with Crippen molar-refractivity contribution in [3.8, 4) is 0 Å². The van der Waals surface area contributed by atoms with Crippen LogP contribution in [0.4, 0.5) is 4.79 Å². The second-order valence-corrected chi connectivity index (χ2v) is 2.02. The van der Waals surface area contributed by atoms with Gasteiger partial charge in [-0.2, -0.15) is 0 Å². The standard InChI is InChI=1S/C7H13NO5/c1-2-12-6(10)5-8-7(11)13-4-3-9/h9H,2-5H2,1H3,(H,8,11). The van der Waals surface area contributed by atoms with Gasteiger partial charge in [0.05, 0.1) is 13.2 Å². The van der Waals surface area contributed by atoms with Crippen LogP contribution in [0.3, 0.4) is 0 Å². The summed E-state index contributed by atoms with van der Waals surface area (Å²) in [5.41, 5.74) is 0. The van der Waals surface area contributed by atoms with E-state index in [1.807, 2.05) is 0 Å². The van der Waals surface area contributed by atoms with Crippen LogP contribution in [-0.4, -0.2) is 43.5 Å². The highest BCUT2D eigenvalue weighted by Crippen LogP contribution is 1.79. The molecule has 76 valence electrons. The molecule has 1 amide bonds. The van der Waals surface area contributed by atoms with Crippen LogP contribution in [0.25, 0.3) is 0 Å². The lowest BCUT2D eigenvalue weighted by Gasteiger charge is -2.04. The number of alkyl carbamates (subject to hydrolysis) is 1. The van der Waals surface area contributed by atoms with E-state index in [1.165, 1.54) is 0 Å². The van der Waals surface area contributed by atoms with Crippen LogP contribution in [0.2, 0.25) is 0 Å². The smallest absolute Gasteiger partial charge is 0.407 e. The number of aliphatic hydroxyl groups excluding tert-OH is 1. The highest BCUT2D eigenvalue weighted by atomic mass is 16.6. The van der Waals surface area contributed by atoms with E-state index in [0.717, 1.165) is 0 Å². The van der Waals surface area contributed by atoms with Gasteiger partial charge in [0.2, 0.25) is 0 Å². The number of carbonyl (C=O) groups excluding carboxylic acids is 2. The van der Waals surface area contributed by atoms with Crippen LogP contribution in [0.1, 0.15) is 6.92 Å². The number of rotatable bonds is 5. The fourth-order valence-corrected chi connectivity index (χ4v) is 0.546. The highest BCUT2D eigenvalue weighted by molar-refractivity contribution is 5.77. The Kier molecular flexibility index (Phi) is 6.62. The Bertz CT molecular complexity index is 170. The fourth-order valence-electron chi connectivity index (χ4n) is 0.546. The Morgan fingerprint density at radius 3 is 2.62 bits per heavy atom. The van der Waals surface area contributed by atoms with Gasteiger partial charge in [-0.1, -0.05) is 0 Å². The van der Waals surface area contributed by atoms with Crippen LogP contribution in [0.15, 0.2) is 0 Å². The summed E-state index contributed by atoms with van der Waals surface area (Å²) >= 11 is 0. The third kappa shape index (κ3) is 7.07. The van der Waals surface area contributed by atoms with Gasteiger partial charge in [0.15, 0.2) is 0 Å². The van der Waals surface area contributed by atoms with Crippen molar-refractivity contribution in [2.45, 2.75) is 6.92 Å². The van der Waals surface area contributed by atoms with Gasteiger partial charge < -0.3 is 19.9 Å². The zero-order chi connectivity index (χ0) is 10.1. The number of nitrogens with one attached hydrogen (secondary N) is 1. The minimum atomic E-state index is -0.748. The lowest BCUT2D eigenvalue weighted by molar-refractivity contribution is -0.141. The van der Waals surface area contributed by atoms with E-state index < -0.39 is 12.1 Å². The van der Waals surface area contributed by atoms with Gasteiger partial charge in [-0.05, 0) is 6.92 Å². The monoisotopic (exact) mass is 191 g/mol. The minimum Gasteiger partial charge on any atom is -0.465 e. The molecule has 0 fully saturated rings. The molecule has 6 nitrogen and oxygen atoms in total. The maximum Gasteiger partial charge on any atom is 0.407 e. The van der Waals surface area contributed by atoms with E-state index in [4.69, 9.17) is 5.11 Å². The van der Waals surface area contributed by atoms with Crippen molar-refractivity contribution < 1.29 is 24.2 Å². The van der Waals surface area contributed by atoms with Crippen molar-refractivity contribution >= 4 is 12.1 Å². The van der Waals surface area contributed by atoms with Crippen molar-refractivity contribution in [3.63, 3.8) is 0 Å². The van der Waals surface area contributed by atoms with Crippen molar-refractivity contribution in [1.29, 1.82) is 0 Å². The molecule has 0 radical (unpaired) electrons. The van der Waals surface area contributed by atoms with Gasteiger partial charge >= 0.3 is 12.1 Å². The summed E-state index contributed by atoms with van der Waals surface area (Å²) in [6, 6.07) is 0. The molecule has 0 saturated heterocycles. The number of hydrogen-bond donors (Lipinski definition) is 2. The molecule has 2 N–H and O–H groups in total. The Morgan fingerprint density at radius 2 is 2.08 bits per heavy atom. The number of esters is 1. The van der Waals surface area contributed by atoms with E-state index in [-0.39, 0.29) is 26.4 Å². The zero-order valence-electron chi connectivity index (χ0n) is 7.41. The van der Waals surface area contributed by atoms with Crippen molar-refractivity contribution in [2.24, 2.45) is 0 Å². The van der Waals surface area contributed by atoms with Gasteiger partial charge in [0.25, 0.3) is 0 Å². The third-order valence-electron chi connectivity index (χ3n) is 1.01. The molecule has 0 aromatic heterocycles. The predicted octanol–water partition coefficient (Wildman–Crippen LogP) is -0.732. The van der Waals surface area contributed by atoms with Crippen LogP contribution < -0.4 is 5.32 Å². The molecular weight excluding hydrogens is 178 g/mol. The molecule has 0 bridgehead atoms. The molecule has 0 aromatic carbocycles. The topological polar surface area (TPSA) is 84.9 Å². The molecular formula is C7H13NO5. The van der Waals surface area contributed by atoms with Crippen LogP contribution >= 0.6 is 0 Å². The van der Waals surface area contributed by atoms with Gasteiger partial charge in [-0.15, -0.1) is 0 Å². The second kappa shape index (κ2) is 7.35. The SMILES string of the molecule is CCOC(=O)CNC(=O)OCCO. The van der Waals surface area contributed by atoms with E-state index in [1.54, 1.807) is 6.92 Å². The molecule has 0 aromatic rings. The van der Waals surface area contributed by atoms with Gasteiger partial charge in [-0.25, -0.2) is 4.79 Å². The first-order valence-electron chi connectivity index (χ1n) is 3.87. The summed E-state index contributed by atoms with van der Waals surface area (Å²) in [4.78, 5) is 21.3. The van der Waals surface area contributed by atoms with E-state index >= 15 is 0 Å². The molecule has 0 aliphatic rings. The molecule has 13 heavy (non-hydrogen) atoms. The van der Waals surface area contributed by atoms with Gasteiger partial charge in [0.1, 0.15) is 13.2 Å². The average Bonchev–Trinajstić information content (AvgIpc) is 2.12. The molecule has 0 aliphatic carbocycles. The van der Waals surface area contributed by atoms with Crippen LogP contribution in [-0.2, 0) is 14.3 Å². The number of amides is 1. The minimum absolute atomic E-state index is 0.0886. The molecule has 0 unspecified atom stereocenters. The summed E-state index contributed by atoms with van der Waals surface area (Å²) in [5, 5.41) is 10.4. The number of carbonyl (C=O) groups is 2. The van der Waals surface area contributed by atoms with Gasteiger partial charge in [-0.3, -0.25) is 4.79 Å². The Hall–Kier alpha value is -1.30. The first-order valence-corrected chi connectivity index (χ1v) is 3.87. The first-order chi connectivity index (χ1) is 6.20. The maximum absolute atomic E-state index is 10.7. The summed E-state index contributed by atoms with van der Waals surface area (Å²) in [5.74, 6) is -0.525. The van der Waals surface area contributed by atoms with Crippen molar-refractivity contribution in [2.75, 3.05) is 26.4 Å².